The van der Waals surface area contributed by atoms with Crippen molar-refractivity contribution in [1.29, 1.82) is 0 Å². The van der Waals surface area contributed by atoms with Crippen LogP contribution >= 0.6 is 0 Å². The summed E-state index contributed by atoms with van der Waals surface area (Å²) in [6, 6.07) is 0. The summed E-state index contributed by atoms with van der Waals surface area (Å²) in [5.41, 5.74) is 0. The maximum absolute atomic E-state index is 11.2. The molecule has 0 radical (unpaired) electrons. The van der Waals surface area contributed by atoms with Crippen molar-refractivity contribution < 1.29 is 47.4 Å². The quantitative estimate of drug-likeness (QED) is 0.0994. The van der Waals surface area contributed by atoms with Gasteiger partial charge in [-0.2, -0.15) is 0 Å². The SMILES string of the molecule is CCCCCCOCCOCCOCCOCCOCCOCCOCCOCCOC(=O)CCC. The average Bonchev–Trinajstić information content (AvgIpc) is 2.88. The predicted molar refractivity (Wildman–Crippen MR) is 137 cm³/mol. The highest BCUT2D eigenvalue weighted by molar-refractivity contribution is 5.69. The van der Waals surface area contributed by atoms with E-state index >= 15 is 0 Å². The van der Waals surface area contributed by atoms with Gasteiger partial charge in [0.05, 0.1) is 99.1 Å². The molecule has 0 aromatic rings. The van der Waals surface area contributed by atoms with E-state index < -0.39 is 0 Å². The second-order valence-electron chi connectivity index (χ2n) is 7.93. The lowest BCUT2D eigenvalue weighted by Crippen LogP contribution is -2.15. The van der Waals surface area contributed by atoms with E-state index in [1.807, 2.05) is 6.92 Å². The minimum atomic E-state index is -0.182. The van der Waals surface area contributed by atoms with Crippen molar-refractivity contribution in [1.82, 2.24) is 0 Å². The van der Waals surface area contributed by atoms with Gasteiger partial charge in [-0.15, -0.1) is 0 Å². The average molecular weight is 525 g/mol. The van der Waals surface area contributed by atoms with Gasteiger partial charge in [0.15, 0.2) is 0 Å². The standard InChI is InChI=1S/C26H52O10/c1-3-5-6-7-9-28-10-11-29-12-13-30-14-15-31-16-17-32-18-19-33-20-21-34-22-23-35-24-25-36-26(27)8-4-2/h3-25H2,1-2H3. The second-order valence-corrected chi connectivity index (χ2v) is 7.93. The number of unbranched alkanes of at least 4 members (excludes halogenated alkanes) is 3. The third kappa shape index (κ3) is 31.2. The van der Waals surface area contributed by atoms with E-state index in [2.05, 4.69) is 6.92 Å². The molecule has 0 aliphatic carbocycles. The molecular formula is C26H52O10. The molecular weight excluding hydrogens is 472 g/mol. The van der Waals surface area contributed by atoms with Gasteiger partial charge in [-0.25, -0.2) is 0 Å². The summed E-state index contributed by atoms with van der Waals surface area (Å²) in [7, 11) is 0. The van der Waals surface area contributed by atoms with Crippen molar-refractivity contribution in [2.24, 2.45) is 0 Å². The molecule has 216 valence electrons. The van der Waals surface area contributed by atoms with Crippen LogP contribution in [0.4, 0.5) is 0 Å². The zero-order valence-corrected chi connectivity index (χ0v) is 22.8. The molecule has 0 unspecified atom stereocenters. The van der Waals surface area contributed by atoms with Gasteiger partial charge in [-0.3, -0.25) is 4.79 Å². The first kappa shape index (κ1) is 35.2. The van der Waals surface area contributed by atoms with Crippen LogP contribution in [0.2, 0.25) is 0 Å². The van der Waals surface area contributed by atoms with Gasteiger partial charge in [0.2, 0.25) is 0 Å². The minimum absolute atomic E-state index is 0.182. The van der Waals surface area contributed by atoms with Gasteiger partial charge in [0, 0.05) is 13.0 Å². The van der Waals surface area contributed by atoms with Crippen LogP contribution in [0, 0.1) is 0 Å². The Kier molecular flexibility index (Phi) is 31.4. The Balaban J connectivity index is 3.04. The molecule has 0 aliphatic heterocycles. The molecule has 0 aromatic carbocycles. The van der Waals surface area contributed by atoms with E-state index in [0.717, 1.165) is 19.4 Å². The van der Waals surface area contributed by atoms with Crippen molar-refractivity contribution in [2.75, 3.05) is 112 Å². The number of hydrogen-bond acceptors (Lipinski definition) is 10. The Labute approximate surface area is 218 Å². The molecule has 0 amide bonds. The van der Waals surface area contributed by atoms with Gasteiger partial charge in [-0.1, -0.05) is 33.1 Å². The van der Waals surface area contributed by atoms with Crippen LogP contribution in [-0.2, 0) is 47.4 Å². The predicted octanol–water partition coefficient (Wildman–Crippen LogP) is 3.04. The van der Waals surface area contributed by atoms with Crippen LogP contribution < -0.4 is 0 Å². The zero-order valence-electron chi connectivity index (χ0n) is 22.8. The lowest BCUT2D eigenvalue weighted by atomic mass is 10.2. The fourth-order valence-corrected chi connectivity index (χ4v) is 2.76. The van der Waals surface area contributed by atoms with Crippen molar-refractivity contribution in [3.05, 3.63) is 0 Å². The molecule has 10 nitrogen and oxygen atoms in total. The number of hydrogen-bond donors (Lipinski definition) is 0. The van der Waals surface area contributed by atoms with E-state index in [1.165, 1.54) is 19.3 Å². The highest BCUT2D eigenvalue weighted by atomic mass is 16.6. The maximum Gasteiger partial charge on any atom is 0.305 e. The number of carbonyl (C=O) groups is 1. The van der Waals surface area contributed by atoms with Gasteiger partial charge >= 0.3 is 5.97 Å². The Hall–Kier alpha value is -0.850. The summed E-state index contributed by atoms with van der Waals surface area (Å²) < 4.78 is 48.5. The largest absolute Gasteiger partial charge is 0.463 e. The first-order chi connectivity index (χ1) is 17.8. The fourth-order valence-electron chi connectivity index (χ4n) is 2.76. The molecule has 0 fully saturated rings. The van der Waals surface area contributed by atoms with Crippen molar-refractivity contribution >= 4 is 5.97 Å². The first-order valence-electron chi connectivity index (χ1n) is 13.6. The third-order valence-corrected chi connectivity index (χ3v) is 4.69. The Bertz CT molecular complexity index is 426. The monoisotopic (exact) mass is 524 g/mol. The smallest absolute Gasteiger partial charge is 0.305 e. The van der Waals surface area contributed by atoms with Crippen LogP contribution in [0.15, 0.2) is 0 Å². The number of esters is 1. The Morgan fingerprint density at radius 2 is 0.722 bits per heavy atom. The van der Waals surface area contributed by atoms with E-state index in [9.17, 15) is 4.79 Å². The molecule has 0 N–H and O–H groups in total. The highest BCUT2D eigenvalue weighted by Crippen LogP contribution is 1.98. The van der Waals surface area contributed by atoms with E-state index in [0.29, 0.717) is 106 Å². The first-order valence-corrected chi connectivity index (χ1v) is 13.6. The summed E-state index contributed by atoms with van der Waals surface area (Å²) >= 11 is 0. The van der Waals surface area contributed by atoms with Crippen LogP contribution in [0.3, 0.4) is 0 Å². The molecule has 36 heavy (non-hydrogen) atoms. The second kappa shape index (κ2) is 32.2. The number of rotatable bonds is 31. The zero-order chi connectivity index (χ0) is 26.2. The lowest BCUT2D eigenvalue weighted by molar-refractivity contribution is -0.145. The van der Waals surface area contributed by atoms with E-state index in [1.54, 1.807) is 0 Å². The van der Waals surface area contributed by atoms with Gasteiger partial charge in [0.25, 0.3) is 0 Å². The van der Waals surface area contributed by atoms with Crippen LogP contribution in [0.25, 0.3) is 0 Å². The van der Waals surface area contributed by atoms with E-state index in [4.69, 9.17) is 42.6 Å². The van der Waals surface area contributed by atoms with Crippen molar-refractivity contribution in [3.8, 4) is 0 Å². The summed E-state index contributed by atoms with van der Waals surface area (Å²) in [6.07, 6.45) is 6.14. The molecule has 10 heteroatoms. The molecule has 0 saturated heterocycles. The Morgan fingerprint density at radius 3 is 1.06 bits per heavy atom. The summed E-state index contributed by atoms with van der Waals surface area (Å²) in [5.74, 6) is -0.182. The van der Waals surface area contributed by atoms with Gasteiger partial charge in [-0.05, 0) is 12.8 Å². The highest BCUT2D eigenvalue weighted by Gasteiger charge is 2.00. The van der Waals surface area contributed by atoms with Crippen LogP contribution in [0.1, 0.15) is 52.4 Å². The third-order valence-electron chi connectivity index (χ3n) is 4.69. The minimum Gasteiger partial charge on any atom is -0.463 e. The van der Waals surface area contributed by atoms with Gasteiger partial charge in [0.1, 0.15) is 6.61 Å². The lowest BCUT2D eigenvalue weighted by Gasteiger charge is -2.09. The Morgan fingerprint density at radius 1 is 0.389 bits per heavy atom. The summed E-state index contributed by atoms with van der Waals surface area (Å²) in [5, 5.41) is 0. The summed E-state index contributed by atoms with van der Waals surface area (Å²) in [6.45, 7) is 13.1. The summed E-state index contributed by atoms with van der Waals surface area (Å²) in [4.78, 5) is 11.2. The maximum atomic E-state index is 11.2. The van der Waals surface area contributed by atoms with Crippen LogP contribution in [0.5, 0.6) is 0 Å². The molecule has 0 saturated carbocycles. The topological polar surface area (TPSA) is 100 Å². The number of ether oxygens (including phenoxy) is 9. The molecule has 0 atom stereocenters. The molecule has 0 aliphatic rings. The molecule has 0 aromatic heterocycles. The van der Waals surface area contributed by atoms with E-state index in [-0.39, 0.29) is 12.6 Å². The van der Waals surface area contributed by atoms with Gasteiger partial charge < -0.3 is 42.6 Å². The molecule has 0 bridgehead atoms. The molecule has 0 heterocycles. The molecule has 0 spiro atoms. The fraction of sp³-hybridized carbons (Fsp3) is 0.962. The van der Waals surface area contributed by atoms with Crippen LogP contribution in [-0.4, -0.2) is 118 Å². The molecule has 0 rings (SSSR count). The van der Waals surface area contributed by atoms with Crippen molar-refractivity contribution in [2.45, 2.75) is 52.4 Å². The van der Waals surface area contributed by atoms with Crippen molar-refractivity contribution in [3.63, 3.8) is 0 Å². The number of carbonyl (C=O) groups excluding carboxylic acids is 1. The normalized spacial score (nSPS) is 11.3.